The standard InChI is InChI=1S/C20H17F3N4O4S/c21-15-5-6-16(19(23)18(15)22)32(30,31)26-9-7-25(8-10-26)17(28)12-27-20(29)14-4-2-1-3-13(14)11-24-27/h1-6,11H,7-10,12H2. The van der Waals surface area contributed by atoms with Gasteiger partial charge < -0.3 is 4.90 Å². The van der Waals surface area contributed by atoms with Crippen molar-refractivity contribution >= 4 is 26.7 Å². The van der Waals surface area contributed by atoms with Crippen molar-refractivity contribution in [2.75, 3.05) is 26.2 Å². The molecule has 1 saturated heterocycles. The van der Waals surface area contributed by atoms with Crippen LogP contribution in [0, 0.1) is 17.5 Å². The zero-order valence-corrected chi connectivity index (χ0v) is 17.4. The Morgan fingerprint density at radius 1 is 0.969 bits per heavy atom. The van der Waals surface area contributed by atoms with E-state index in [2.05, 4.69) is 5.10 Å². The fourth-order valence-corrected chi connectivity index (χ4v) is 4.97. The monoisotopic (exact) mass is 466 g/mol. The summed E-state index contributed by atoms with van der Waals surface area (Å²) in [7, 11) is -4.42. The number of amides is 1. The van der Waals surface area contributed by atoms with Gasteiger partial charge in [0.1, 0.15) is 11.4 Å². The second kappa shape index (κ2) is 8.36. The molecule has 1 fully saturated rings. The molecule has 0 atom stereocenters. The van der Waals surface area contributed by atoms with E-state index < -0.39 is 43.8 Å². The molecule has 0 radical (unpaired) electrons. The summed E-state index contributed by atoms with van der Waals surface area (Å²) in [6, 6.07) is 8.02. The summed E-state index contributed by atoms with van der Waals surface area (Å²) in [5.74, 6) is -5.58. The van der Waals surface area contributed by atoms with Crippen molar-refractivity contribution in [2.24, 2.45) is 0 Å². The second-order valence-electron chi connectivity index (χ2n) is 7.15. The fraction of sp³-hybridized carbons (Fsp3) is 0.250. The van der Waals surface area contributed by atoms with Crippen molar-refractivity contribution < 1.29 is 26.4 Å². The van der Waals surface area contributed by atoms with Gasteiger partial charge in [0, 0.05) is 31.6 Å². The molecule has 2 heterocycles. The number of benzene rings is 2. The molecule has 4 rings (SSSR count). The molecule has 3 aromatic rings. The molecular weight excluding hydrogens is 449 g/mol. The van der Waals surface area contributed by atoms with Gasteiger partial charge in [-0.1, -0.05) is 18.2 Å². The van der Waals surface area contributed by atoms with Gasteiger partial charge in [0.05, 0.1) is 11.6 Å². The van der Waals surface area contributed by atoms with Crippen molar-refractivity contribution in [3.63, 3.8) is 0 Å². The van der Waals surface area contributed by atoms with Gasteiger partial charge in [0.15, 0.2) is 17.5 Å². The van der Waals surface area contributed by atoms with Gasteiger partial charge in [0.2, 0.25) is 15.9 Å². The van der Waals surface area contributed by atoms with E-state index >= 15 is 0 Å². The summed E-state index contributed by atoms with van der Waals surface area (Å²) >= 11 is 0. The van der Waals surface area contributed by atoms with Crippen molar-refractivity contribution in [1.29, 1.82) is 0 Å². The van der Waals surface area contributed by atoms with Crippen molar-refractivity contribution in [3.8, 4) is 0 Å². The Hall–Kier alpha value is -3.25. The fourth-order valence-electron chi connectivity index (χ4n) is 3.49. The van der Waals surface area contributed by atoms with Crippen LogP contribution < -0.4 is 5.56 Å². The molecule has 0 bridgehead atoms. The van der Waals surface area contributed by atoms with Crippen LogP contribution in [0.4, 0.5) is 13.2 Å². The van der Waals surface area contributed by atoms with Crippen LogP contribution in [-0.2, 0) is 21.4 Å². The predicted octanol–water partition coefficient (Wildman–Crippen LogP) is 1.35. The maximum Gasteiger partial charge on any atom is 0.275 e. The van der Waals surface area contributed by atoms with Gasteiger partial charge in [-0.3, -0.25) is 9.59 Å². The Balaban J connectivity index is 1.46. The van der Waals surface area contributed by atoms with Crippen LogP contribution in [0.3, 0.4) is 0 Å². The topological polar surface area (TPSA) is 92.6 Å². The lowest BCUT2D eigenvalue weighted by Gasteiger charge is -2.34. The van der Waals surface area contributed by atoms with Crippen LogP contribution in [0.1, 0.15) is 0 Å². The number of nitrogens with zero attached hydrogens (tertiary/aromatic N) is 4. The average molecular weight is 466 g/mol. The molecule has 1 aliphatic heterocycles. The number of piperazine rings is 1. The van der Waals surface area contributed by atoms with E-state index in [-0.39, 0.29) is 32.7 Å². The van der Waals surface area contributed by atoms with E-state index in [0.717, 1.165) is 8.99 Å². The number of carbonyl (C=O) groups is 1. The van der Waals surface area contributed by atoms with Gasteiger partial charge in [0.25, 0.3) is 5.56 Å². The highest BCUT2D eigenvalue weighted by atomic mass is 32.2. The zero-order chi connectivity index (χ0) is 23.0. The molecule has 0 unspecified atom stereocenters. The minimum Gasteiger partial charge on any atom is -0.338 e. The largest absolute Gasteiger partial charge is 0.338 e. The lowest BCUT2D eigenvalue weighted by atomic mass is 10.2. The molecule has 12 heteroatoms. The highest BCUT2D eigenvalue weighted by Crippen LogP contribution is 2.24. The molecule has 0 saturated carbocycles. The minimum absolute atomic E-state index is 0.0221. The predicted molar refractivity (Wildman–Crippen MR) is 108 cm³/mol. The number of carbonyl (C=O) groups excluding carboxylic acids is 1. The molecule has 1 aliphatic rings. The third kappa shape index (κ3) is 3.86. The van der Waals surface area contributed by atoms with E-state index in [9.17, 15) is 31.2 Å². The van der Waals surface area contributed by atoms with Crippen molar-refractivity contribution in [2.45, 2.75) is 11.4 Å². The van der Waals surface area contributed by atoms with Crippen molar-refractivity contribution in [3.05, 3.63) is 70.4 Å². The van der Waals surface area contributed by atoms with Crippen LogP contribution >= 0.6 is 0 Å². The number of hydrogen-bond acceptors (Lipinski definition) is 5. The summed E-state index contributed by atoms with van der Waals surface area (Å²) < 4.78 is 67.8. The maximum atomic E-state index is 14.0. The van der Waals surface area contributed by atoms with E-state index in [1.807, 2.05) is 0 Å². The Morgan fingerprint density at radius 3 is 2.38 bits per heavy atom. The Bertz CT molecular complexity index is 1370. The summed E-state index contributed by atoms with van der Waals surface area (Å²) in [4.78, 5) is 25.5. The van der Waals surface area contributed by atoms with Crippen LogP contribution in [0.5, 0.6) is 0 Å². The van der Waals surface area contributed by atoms with Gasteiger partial charge in [-0.2, -0.15) is 9.40 Å². The number of halogens is 3. The first-order valence-electron chi connectivity index (χ1n) is 9.56. The molecule has 0 N–H and O–H groups in total. The molecule has 2 aromatic carbocycles. The second-order valence-corrected chi connectivity index (χ2v) is 9.06. The molecule has 0 aliphatic carbocycles. The molecule has 8 nitrogen and oxygen atoms in total. The summed E-state index contributed by atoms with van der Waals surface area (Å²) in [6.45, 7) is -0.718. The molecule has 32 heavy (non-hydrogen) atoms. The number of aromatic nitrogens is 2. The van der Waals surface area contributed by atoms with Crippen molar-refractivity contribution in [1.82, 2.24) is 19.0 Å². The first-order chi connectivity index (χ1) is 15.2. The van der Waals surface area contributed by atoms with Gasteiger partial charge in [-0.15, -0.1) is 0 Å². The van der Waals surface area contributed by atoms with Gasteiger partial charge in [-0.05, 0) is 18.2 Å². The smallest absolute Gasteiger partial charge is 0.275 e. The number of sulfonamides is 1. The van der Waals surface area contributed by atoms with Crippen LogP contribution in [0.15, 0.2) is 52.3 Å². The molecular formula is C20H17F3N4O4S. The van der Waals surface area contributed by atoms with Crippen LogP contribution in [0.25, 0.3) is 10.8 Å². The normalized spacial score (nSPS) is 15.3. The van der Waals surface area contributed by atoms with E-state index in [0.29, 0.717) is 22.9 Å². The Kier molecular flexibility index (Phi) is 5.73. The quantitative estimate of drug-likeness (QED) is 0.542. The molecule has 1 aromatic heterocycles. The zero-order valence-electron chi connectivity index (χ0n) is 16.5. The van der Waals surface area contributed by atoms with E-state index in [4.69, 9.17) is 0 Å². The third-order valence-corrected chi connectivity index (χ3v) is 7.17. The highest BCUT2D eigenvalue weighted by Gasteiger charge is 2.33. The van der Waals surface area contributed by atoms with E-state index in [1.54, 1.807) is 24.3 Å². The first kappa shape index (κ1) is 22.0. The Labute approximate surface area is 180 Å². The van der Waals surface area contributed by atoms with Crippen LogP contribution in [-0.4, -0.2) is 59.5 Å². The minimum atomic E-state index is -4.42. The van der Waals surface area contributed by atoms with Gasteiger partial charge >= 0.3 is 0 Å². The summed E-state index contributed by atoms with van der Waals surface area (Å²) in [5, 5.41) is 5.06. The lowest BCUT2D eigenvalue weighted by molar-refractivity contribution is -0.133. The molecule has 168 valence electrons. The number of hydrogen-bond donors (Lipinski definition) is 0. The highest BCUT2D eigenvalue weighted by molar-refractivity contribution is 7.89. The average Bonchev–Trinajstić information content (AvgIpc) is 2.79. The first-order valence-corrected chi connectivity index (χ1v) is 11.0. The lowest BCUT2D eigenvalue weighted by Crippen LogP contribution is -2.51. The maximum absolute atomic E-state index is 14.0. The Morgan fingerprint density at radius 2 is 1.66 bits per heavy atom. The summed E-state index contributed by atoms with van der Waals surface area (Å²) in [6.07, 6.45) is 1.48. The van der Waals surface area contributed by atoms with Gasteiger partial charge in [-0.25, -0.2) is 26.3 Å². The molecule has 1 amide bonds. The van der Waals surface area contributed by atoms with E-state index in [1.165, 1.54) is 11.1 Å². The summed E-state index contributed by atoms with van der Waals surface area (Å²) in [5.41, 5.74) is -0.425. The number of rotatable bonds is 4. The number of fused-ring (bicyclic) bond motifs is 1. The van der Waals surface area contributed by atoms with Crippen LogP contribution in [0.2, 0.25) is 0 Å². The third-order valence-electron chi connectivity index (χ3n) is 5.26. The molecule has 0 spiro atoms. The SMILES string of the molecule is O=C(Cn1ncc2ccccc2c1=O)N1CCN(S(=O)(=O)c2ccc(F)c(F)c2F)CC1.